The van der Waals surface area contributed by atoms with Gasteiger partial charge in [-0.3, -0.25) is 0 Å². The van der Waals surface area contributed by atoms with E-state index in [4.69, 9.17) is 15.7 Å². The number of methoxy groups -OCH3 is 1. The first-order valence-corrected chi connectivity index (χ1v) is 6.09. The average molecular weight is 247 g/mol. The molecule has 0 bridgehead atoms. The van der Waals surface area contributed by atoms with E-state index < -0.39 is 0 Å². The van der Waals surface area contributed by atoms with E-state index in [2.05, 4.69) is 25.2 Å². The zero-order chi connectivity index (χ0) is 13.5. The number of nitrogens with one attached hydrogen (secondary N) is 1. The fraction of sp³-hybridized carbons (Fsp3) is 0.500. The van der Waals surface area contributed by atoms with Gasteiger partial charge in [-0.25, -0.2) is 0 Å². The Balaban J connectivity index is 2.83. The summed E-state index contributed by atoms with van der Waals surface area (Å²) in [6.07, 6.45) is 0.331. The highest BCUT2D eigenvalue weighted by atomic mass is 16.5. The van der Waals surface area contributed by atoms with Crippen LogP contribution in [0.2, 0.25) is 0 Å². The Bertz CT molecular complexity index is 424. The lowest BCUT2D eigenvalue weighted by molar-refractivity contribution is 0.171. The first-order chi connectivity index (χ1) is 8.58. The highest BCUT2D eigenvalue weighted by Crippen LogP contribution is 2.20. The van der Waals surface area contributed by atoms with Gasteiger partial charge < -0.3 is 15.8 Å². The van der Waals surface area contributed by atoms with E-state index in [1.165, 1.54) is 0 Å². The van der Waals surface area contributed by atoms with Crippen molar-refractivity contribution < 1.29 is 4.74 Å². The standard InChI is InChI=1S/C14H21N3O/c1-10(2)14(9-18-3)17-12-4-5-13(16)11(8-12)6-7-15/h4-5,8,10,14,17H,6,9,16H2,1-3H3. The van der Waals surface area contributed by atoms with Gasteiger partial charge in [-0.15, -0.1) is 0 Å². The van der Waals surface area contributed by atoms with Crippen molar-refractivity contribution in [2.75, 3.05) is 24.8 Å². The van der Waals surface area contributed by atoms with E-state index in [0.29, 0.717) is 24.6 Å². The van der Waals surface area contributed by atoms with Crippen LogP contribution in [0.15, 0.2) is 18.2 Å². The second-order valence-electron chi connectivity index (χ2n) is 4.70. The Kier molecular flexibility index (Phi) is 5.47. The summed E-state index contributed by atoms with van der Waals surface area (Å²) >= 11 is 0. The van der Waals surface area contributed by atoms with Gasteiger partial charge in [-0.2, -0.15) is 5.26 Å². The molecule has 0 aromatic heterocycles. The summed E-state index contributed by atoms with van der Waals surface area (Å²) in [5.74, 6) is 0.460. The first-order valence-electron chi connectivity index (χ1n) is 6.09. The molecular formula is C14H21N3O. The lowest BCUT2D eigenvalue weighted by Gasteiger charge is -2.23. The fourth-order valence-corrected chi connectivity index (χ4v) is 1.73. The van der Waals surface area contributed by atoms with Crippen LogP contribution >= 0.6 is 0 Å². The van der Waals surface area contributed by atoms with E-state index in [1.807, 2.05) is 18.2 Å². The summed E-state index contributed by atoms with van der Waals surface area (Å²) in [6, 6.07) is 8.06. The summed E-state index contributed by atoms with van der Waals surface area (Å²) in [5.41, 5.74) is 8.32. The molecule has 98 valence electrons. The van der Waals surface area contributed by atoms with Crippen LogP contribution in [0.5, 0.6) is 0 Å². The van der Waals surface area contributed by atoms with E-state index in [0.717, 1.165) is 11.3 Å². The van der Waals surface area contributed by atoms with Crippen LogP contribution in [0.1, 0.15) is 19.4 Å². The minimum absolute atomic E-state index is 0.244. The summed E-state index contributed by atoms with van der Waals surface area (Å²) < 4.78 is 5.20. The Morgan fingerprint density at radius 1 is 1.44 bits per heavy atom. The Morgan fingerprint density at radius 3 is 2.72 bits per heavy atom. The van der Waals surface area contributed by atoms with Gasteiger partial charge in [0.15, 0.2) is 0 Å². The maximum atomic E-state index is 8.74. The highest BCUT2D eigenvalue weighted by Gasteiger charge is 2.13. The number of nitrogens with two attached hydrogens (primary N) is 1. The maximum Gasteiger partial charge on any atom is 0.0670 e. The average Bonchev–Trinajstić information content (AvgIpc) is 2.33. The number of rotatable bonds is 6. The second kappa shape index (κ2) is 6.87. The third kappa shape index (κ3) is 3.94. The predicted molar refractivity (Wildman–Crippen MR) is 74.3 cm³/mol. The number of nitrogens with zero attached hydrogens (tertiary/aromatic N) is 1. The molecule has 0 amide bonds. The molecule has 1 unspecified atom stereocenters. The topological polar surface area (TPSA) is 71.1 Å². The van der Waals surface area contributed by atoms with Crippen molar-refractivity contribution in [3.63, 3.8) is 0 Å². The molecule has 4 heteroatoms. The van der Waals surface area contributed by atoms with Crippen molar-refractivity contribution in [3.8, 4) is 6.07 Å². The molecule has 4 nitrogen and oxygen atoms in total. The number of hydrogen-bond donors (Lipinski definition) is 2. The number of anilines is 2. The third-order valence-electron chi connectivity index (χ3n) is 2.92. The quantitative estimate of drug-likeness (QED) is 0.757. The van der Waals surface area contributed by atoms with Gasteiger partial charge in [0.2, 0.25) is 0 Å². The van der Waals surface area contributed by atoms with Gasteiger partial charge in [0, 0.05) is 18.5 Å². The zero-order valence-electron chi connectivity index (χ0n) is 11.2. The number of ether oxygens (including phenoxy) is 1. The normalized spacial score (nSPS) is 12.2. The van der Waals surface area contributed by atoms with Gasteiger partial charge >= 0.3 is 0 Å². The minimum atomic E-state index is 0.244. The molecule has 0 aliphatic rings. The minimum Gasteiger partial charge on any atom is -0.398 e. The van der Waals surface area contributed by atoms with Gasteiger partial charge in [0.25, 0.3) is 0 Å². The van der Waals surface area contributed by atoms with E-state index in [1.54, 1.807) is 7.11 Å². The van der Waals surface area contributed by atoms with Crippen LogP contribution in [-0.2, 0) is 11.2 Å². The van der Waals surface area contributed by atoms with Gasteiger partial charge in [0.05, 0.1) is 25.1 Å². The predicted octanol–water partition coefficient (Wildman–Crippen LogP) is 2.42. The van der Waals surface area contributed by atoms with Gasteiger partial charge in [-0.05, 0) is 29.7 Å². The van der Waals surface area contributed by atoms with Crippen molar-refractivity contribution in [1.82, 2.24) is 0 Å². The van der Waals surface area contributed by atoms with E-state index in [-0.39, 0.29) is 6.04 Å². The van der Waals surface area contributed by atoms with E-state index >= 15 is 0 Å². The van der Waals surface area contributed by atoms with Crippen molar-refractivity contribution in [2.24, 2.45) is 5.92 Å². The van der Waals surface area contributed by atoms with Crippen LogP contribution in [0, 0.1) is 17.2 Å². The Hall–Kier alpha value is -1.73. The van der Waals surface area contributed by atoms with Crippen molar-refractivity contribution in [2.45, 2.75) is 26.3 Å². The monoisotopic (exact) mass is 247 g/mol. The van der Waals surface area contributed by atoms with Crippen LogP contribution < -0.4 is 11.1 Å². The van der Waals surface area contributed by atoms with Crippen LogP contribution in [-0.4, -0.2) is 19.8 Å². The molecule has 0 spiro atoms. The number of hydrogen-bond acceptors (Lipinski definition) is 4. The fourth-order valence-electron chi connectivity index (χ4n) is 1.73. The van der Waals surface area contributed by atoms with Gasteiger partial charge in [0.1, 0.15) is 0 Å². The zero-order valence-corrected chi connectivity index (χ0v) is 11.2. The largest absolute Gasteiger partial charge is 0.398 e. The van der Waals surface area contributed by atoms with Crippen molar-refractivity contribution in [1.29, 1.82) is 5.26 Å². The molecule has 18 heavy (non-hydrogen) atoms. The molecule has 3 N–H and O–H groups in total. The molecule has 0 saturated heterocycles. The smallest absolute Gasteiger partial charge is 0.0670 e. The lowest BCUT2D eigenvalue weighted by Crippen LogP contribution is -2.30. The molecule has 0 aliphatic carbocycles. The summed E-state index contributed by atoms with van der Waals surface area (Å²) in [6.45, 7) is 4.93. The van der Waals surface area contributed by atoms with Gasteiger partial charge in [-0.1, -0.05) is 13.8 Å². The number of nitriles is 1. The summed E-state index contributed by atoms with van der Waals surface area (Å²) in [7, 11) is 1.70. The molecule has 0 fully saturated rings. The molecule has 1 aromatic rings. The lowest BCUT2D eigenvalue weighted by atomic mass is 10.0. The second-order valence-corrected chi connectivity index (χ2v) is 4.70. The van der Waals surface area contributed by atoms with Crippen molar-refractivity contribution in [3.05, 3.63) is 23.8 Å². The highest BCUT2D eigenvalue weighted by molar-refractivity contribution is 5.58. The molecular weight excluding hydrogens is 226 g/mol. The maximum absolute atomic E-state index is 8.74. The van der Waals surface area contributed by atoms with Crippen LogP contribution in [0.4, 0.5) is 11.4 Å². The molecule has 0 heterocycles. The van der Waals surface area contributed by atoms with E-state index in [9.17, 15) is 0 Å². The Morgan fingerprint density at radius 2 is 2.17 bits per heavy atom. The molecule has 1 rings (SSSR count). The van der Waals surface area contributed by atoms with Crippen molar-refractivity contribution >= 4 is 11.4 Å². The molecule has 1 aromatic carbocycles. The Labute approximate surface area is 109 Å². The van der Waals surface area contributed by atoms with Crippen LogP contribution in [0.3, 0.4) is 0 Å². The number of nitrogen functional groups attached to an aromatic ring is 1. The molecule has 0 radical (unpaired) electrons. The first kappa shape index (κ1) is 14.3. The summed E-state index contributed by atoms with van der Waals surface area (Å²) in [4.78, 5) is 0. The SMILES string of the molecule is COCC(Nc1ccc(N)c(CC#N)c1)C(C)C. The molecule has 0 aliphatic heterocycles. The molecule has 0 saturated carbocycles. The van der Waals surface area contributed by atoms with Crippen LogP contribution in [0.25, 0.3) is 0 Å². The summed E-state index contributed by atoms with van der Waals surface area (Å²) in [5, 5.41) is 12.2. The molecule has 1 atom stereocenters. The number of benzene rings is 1. The third-order valence-corrected chi connectivity index (χ3v) is 2.92.